The summed E-state index contributed by atoms with van der Waals surface area (Å²) in [7, 11) is 3.85. The number of amides is 1. The zero-order valence-corrected chi connectivity index (χ0v) is 19.7. The molecule has 1 aromatic heterocycles. The summed E-state index contributed by atoms with van der Waals surface area (Å²) in [4.78, 5) is 32.7. The van der Waals surface area contributed by atoms with Gasteiger partial charge in [-0.2, -0.15) is 0 Å². The molecule has 7 nitrogen and oxygen atoms in total. The van der Waals surface area contributed by atoms with E-state index in [1.165, 1.54) is 5.56 Å². The van der Waals surface area contributed by atoms with Crippen molar-refractivity contribution in [2.24, 2.45) is 5.92 Å². The molecule has 2 atom stereocenters. The molecular weight excluding hydrogens is 416 g/mol. The molecule has 0 saturated carbocycles. The number of likely N-dealkylation sites (tertiary alicyclic amines) is 1. The molecule has 176 valence electrons. The lowest BCUT2D eigenvalue weighted by atomic mass is 9.82. The highest BCUT2D eigenvalue weighted by Crippen LogP contribution is 2.36. The standard InChI is InChI=1S/C26H34N4O3/c1-27(2)18-25(31)29-14-19-13-21(17-29)24-8-7-23(26(32)30(24)15-19)22-6-4-3-5-20(22)16-28-9-11-33-12-10-28/h3-8,19,21H,9-18H2,1-2H3/t19-,21+/m0/s1. The second kappa shape index (κ2) is 9.41. The number of hydrogen-bond acceptors (Lipinski definition) is 5. The van der Waals surface area contributed by atoms with E-state index in [1.807, 2.05) is 40.6 Å². The third kappa shape index (κ3) is 4.63. The number of rotatable bonds is 5. The molecule has 2 aromatic rings. The number of pyridine rings is 1. The van der Waals surface area contributed by atoms with Gasteiger partial charge < -0.3 is 19.1 Å². The van der Waals surface area contributed by atoms with Gasteiger partial charge in [0, 0.05) is 56.4 Å². The van der Waals surface area contributed by atoms with Gasteiger partial charge in [0.2, 0.25) is 5.91 Å². The van der Waals surface area contributed by atoms with E-state index < -0.39 is 0 Å². The van der Waals surface area contributed by atoms with Crippen LogP contribution in [0.4, 0.5) is 0 Å². The van der Waals surface area contributed by atoms with Gasteiger partial charge in [0.05, 0.1) is 19.8 Å². The van der Waals surface area contributed by atoms with Crippen molar-refractivity contribution in [3.8, 4) is 11.1 Å². The molecule has 2 bridgehead atoms. The monoisotopic (exact) mass is 450 g/mol. The van der Waals surface area contributed by atoms with Crippen LogP contribution in [-0.2, 0) is 22.6 Å². The van der Waals surface area contributed by atoms with E-state index in [0.29, 0.717) is 25.6 Å². The van der Waals surface area contributed by atoms with Gasteiger partial charge in [-0.05, 0) is 49.7 Å². The first-order valence-electron chi connectivity index (χ1n) is 12.0. The number of carbonyl (C=O) groups is 1. The summed E-state index contributed by atoms with van der Waals surface area (Å²) >= 11 is 0. The summed E-state index contributed by atoms with van der Waals surface area (Å²) in [5, 5.41) is 0. The van der Waals surface area contributed by atoms with Gasteiger partial charge in [0.25, 0.3) is 5.56 Å². The first kappa shape index (κ1) is 22.3. The summed E-state index contributed by atoms with van der Waals surface area (Å²) < 4.78 is 7.48. The highest BCUT2D eigenvalue weighted by atomic mass is 16.5. The van der Waals surface area contributed by atoms with E-state index in [1.54, 1.807) is 0 Å². The van der Waals surface area contributed by atoms with Crippen LogP contribution in [0.15, 0.2) is 41.2 Å². The third-order valence-corrected chi connectivity index (χ3v) is 7.21. The lowest BCUT2D eigenvalue weighted by Gasteiger charge is -2.43. The van der Waals surface area contributed by atoms with Gasteiger partial charge in [0.1, 0.15) is 0 Å². The topological polar surface area (TPSA) is 58.0 Å². The van der Waals surface area contributed by atoms with Crippen LogP contribution in [0.2, 0.25) is 0 Å². The molecule has 1 amide bonds. The molecule has 0 radical (unpaired) electrons. The lowest BCUT2D eigenvalue weighted by Crippen LogP contribution is -2.51. The van der Waals surface area contributed by atoms with Crippen LogP contribution in [0.5, 0.6) is 0 Å². The van der Waals surface area contributed by atoms with E-state index in [9.17, 15) is 9.59 Å². The van der Waals surface area contributed by atoms with Gasteiger partial charge in [-0.3, -0.25) is 14.5 Å². The minimum Gasteiger partial charge on any atom is -0.379 e. The average Bonchev–Trinajstić information content (AvgIpc) is 2.80. The molecule has 5 rings (SSSR count). The molecule has 4 heterocycles. The second-order valence-electron chi connectivity index (χ2n) is 9.97. The van der Waals surface area contributed by atoms with Crippen molar-refractivity contribution in [1.82, 2.24) is 19.3 Å². The maximum atomic E-state index is 13.7. The van der Waals surface area contributed by atoms with Crippen molar-refractivity contribution in [2.75, 3.05) is 60.0 Å². The van der Waals surface area contributed by atoms with Crippen LogP contribution in [0.3, 0.4) is 0 Å². The Bertz CT molecular complexity index is 1070. The Morgan fingerprint density at radius 2 is 1.82 bits per heavy atom. The smallest absolute Gasteiger partial charge is 0.258 e. The predicted octanol–water partition coefficient (Wildman–Crippen LogP) is 1.85. The van der Waals surface area contributed by atoms with Gasteiger partial charge in [-0.1, -0.05) is 24.3 Å². The van der Waals surface area contributed by atoms with Crippen LogP contribution in [0, 0.1) is 5.92 Å². The molecule has 7 heteroatoms. The number of morpholine rings is 1. The van der Waals surface area contributed by atoms with E-state index in [4.69, 9.17) is 4.74 Å². The number of ether oxygens (including phenoxy) is 1. The van der Waals surface area contributed by atoms with Crippen molar-refractivity contribution in [1.29, 1.82) is 0 Å². The fourth-order valence-corrected chi connectivity index (χ4v) is 5.65. The van der Waals surface area contributed by atoms with Gasteiger partial charge in [-0.15, -0.1) is 0 Å². The number of piperidine rings is 1. The Kier molecular flexibility index (Phi) is 6.36. The quantitative estimate of drug-likeness (QED) is 0.696. The molecule has 3 aliphatic heterocycles. The van der Waals surface area contributed by atoms with Crippen LogP contribution >= 0.6 is 0 Å². The number of carbonyl (C=O) groups excluding carboxylic acids is 1. The normalized spacial score (nSPS) is 22.9. The first-order valence-corrected chi connectivity index (χ1v) is 12.0. The Labute approximate surface area is 195 Å². The molecule has 33 heavy (non-hydrogen) atoms. The lowest BCUT2D eigenvalue weighted by molar-refractivity contribution is -0.134. The van der Waals surface area contributed by atoms with Crippen LogP contribution in [0.25, 0.3) is 11.1 Å². The Hall–Kier alpha value is -2.48. The number of nitrogens with zero attached hydrogens (tertiary/aromatic N) is 4. The Morgan fingerprint density at radius 1 is 1.03 bits per heavy atom. The van der Waals surface area contributed by atoms with Crippen LogP contribution < -0.4 is 5.56 Å². The highest BCUT2D eigenvalue weighted by Gasteiger charge is 2.36. The molecule has 2 saturated heterocycles. The minimum absolute atomic E-state index is 0.102. The zero-order chi connectivity index (χ0) is 22.9. The van der Waals surface area contributed by atoms with Crippen LogP contribution in [-0.4, -0.2) is 85.2 Å². The third-order valence-electron chi connectivity index (χ3n) is 7.21. The number of hydrogen-bond donors (Lipinski definition) is 0. The molecule has 3 aliphatic rings. The fraction of sp³-hybridized carbons (Fsp3) is 0.538. The van der Waals surface area contributed by atoms with Gasteiger partial charge in [0.15, 0.2) is 0 Å². The van der Waals surface area contributed by atoms with Crippen molar-refractivity contribution in [3.05, 3.63) is 58.0 Å². The number of aromatic nitrogens is 1. The summed E-state index contributed by atoms with van der Waals surface area (Å²) in [6.45, 7) is 6.77. The highest BCUT2D eigenvalue weighted by molar-refractivity contribution is 5.78. The SMILES string of the molecule is CN(C)CC(=O)N1C[C@@H]2C[C@H](C1)c1ccc(-c3ccccc3CN3CCOCC3)c(=O)n1C2. The largest absolute Gasteiger partial charge is 0.379 e. The first-order chi connectivity index (χ1) is 16.0. The second-order valence-corrected chi connectivity index (χ2v) is 9.97. The predicted molar refractivity (Wildman–Crippen MR) is 128 cm³/mol. The maximum Gasteiger partial charge on any atom is 0.258 e. The summed E-state index contributed by atoms with van der Waals surface area (Å²) in [6.07, 6.45) is 1.05. The van der Waals surface area contributed by atoms with E-state index in [-0.39, 0.29) is 17.4 Å². The zero-order valence-electron chi connectivity index (χ0n) is 19.7. The maximum absolute atomic E-state index is 13.7. The molecular formula is C26H34N4O3. The number of likely N-dealkylation sites (N-methyl/N-ethyl adjacent to an activating group) is 1. The fourth-order valence-electron chi connectivity index (χ4n) is 5.65. The average molecular weight is 451 g/mol. The van der Waals surface area contributed by atoms with E-state index in [0.717, 1.165) is 62.6 Å². The number of benzene rings is 1. The van der Waals surface area contributed by atoms with Crippen molar-refractivity contribution >= 4 is 5.91 Å². The summed E-state index contributed by atoms with van der Waals surface area (Å²) in [5.74, 6) is 0.743. The summed E-state index contributed by atoms with van der Waals surface area (Å²) in [6, 6.07) is 12.4. The van der Waals surface area contributed by atoms with Crippen molar-refractivity contribution < 1.29 is 9.53 Å². The molecule has 1 aromatic carbocycles. The van der Waals surface area contributed by atoms with Crippen LogP contribution in [0.1, 0.15) is 23.6 Å². The molecule has 0 spiro atoms. The Balaban J connectivity index is 1.43. The van der Waals surface area contributed by atoms with Gasteiger partial charge in [-0.25, -0.2) is 0 Å². The van der Waals surface area contributed by atoms with E-state index in [2.05, 4.69) is 29.2 Å². The summed E-state index contributed by atoms with van der Waals surface area (Å²) in [5.41, 5.74) is 4.18. The number of fused-ring (bicyclic) bond motifs is 4. The molecule has 0 N–H and O–H groups in total. The molecule has 0 aliphatic carbocycles. The van der Waals surface area contributed by atoms with E-state index >= 15 is 0 Å². The Morgan fingerprint density at radius 3 is 2.61 bits per heavy atom. The molecule has 2 fully saturated rings. The molecule has 0 unspecified atom stereocenters. The minimum atomic E-state index is 0.102. The van der Waals surface area contributed by atoms with Crippen molar-refractivity contribution in [2.45, 2.75) is 25.4 Å². The van der Waals surface area contributed by atoms with Crippen molar-refractivity contribution in [3.63, 3.8) is 0 Å². The van der Waals surface area contributed by atoms with Gasteiger partial charge >= 0.3 is 0 Å².